The van der Waals surface area contributed by atoms with Gasteiger partial charge in [0.05, 0.1) is 5.69 Å². The summed E-state index contributed by atoms with van der Waals surface area (Å²) in [4.78, 5) is 19.4. The van der Waals surface area contributed by atoms with Gasteiger partial charge in [-0.05, 0) is 6.07 Å². The van der Waals surface area contributed by atoms with Crippen molar-refractivity contribution in [2.45, 2.75) is 26.7 Å². The van der Waals surface area contributed by atoms with Gasteiger partial charge >= 0.3 is 5.97 Å². The first-order chi connectivity index (χ1) is 8.67. The average molecular weight is 246 g/mol. The molecule has 0 saturated heterocycles. The van der Waals surface area contributed by atoms with Crippen molar-refractivity contribution < 1.29 is 9.90 Å². The Morgan fingerprint density at radius 2 is 2.17 bits per heavy atom. The molecule has 2 heterocycles. The normalized spacial score (nSPS) is 10.6. The van der Waals surface area contributed by atoms with Crippen LogP contribution in [0.25, 0.3) is 5.69 Å². The van der Waals surface area contributed by atoms with E-state index < -0.39 is 5.97 Å². The fourth-order valence-electron chi connectivity index (χ4n) is 1.70. The van der Waals surface area contributed by atoms with Crippen LogP contribution in [-0.2, 0) is 12.8 Å². The molecule has 94 valence electrons. The number of carboxylic acid groups (broad SMARTS) is 1. The van der Waals surface area contributed by atoms with Crippen molar-refractivity contribution in [1.29, 1.82) is 0 Å². The molecule has 0 atom stereocenters. The molecule has 2 aromatic heterocycles. The smallest absolute Gasteiger partial charge is 0.339 e. The summed E-state index contributed by atoms with van der Waals surface area (Å²) < 4.78 is 1.59. The summed E-state index contributed by atoms with van der Waals surface area (Å²) in [6.07, 6.45) is 4.28. The second-order valence-corrected chi connectivity index (χ2v) is 3.76. The van der Waals surface area contributed by atoms with Gasteiger partial charge in [-0.2, -0.15) is 5.10 Å². The minimum Gasteiger partial charge on any atom is -0.478 e. The predicted octanol–water partition coefficient (Wildman–Crippen LogP) is 1.49. The Labute approximate surface area is 104 Å². The van der Waals surface area contributed by atoms with E-state index in [2.05, 4.69) is 15.1 Å². The SMILES string of the molecule is CCc1nc(CC)n(-c2ccncc2C(=O)O)n1. The lowest BCUT2D eigenvalue weighted by molar-refractivity contribution is 0.0696. The molecular formula is C12H14N4O2. The molecule has 6 nitrogen and oxygen atoms in total. The Hall–Kier alpha value is -2.24. The van der Waals surface area contributed by atoms with Crippen LogP contribution in [0, 0.1) is 0 Å². The zero-order valence-electron chi connectivity index (χ0n) is 10.3. The summed E-state index contributed by atoms with van der Waals surface area (Å²) in [5.41, 5.74) is 0.626. The van der Waals surface area contributed by atoms with Crippen molar-refractivity contribution in [3.8, 4) is 5.69 Å². The number of carboxylic acids is 1. The highest BCUT2D eigenvalue weighted by molar-refractivity contribution is 5.91. The van der Waals surface area contributed by atoms with Gasteiger partial charge in [-0.3, -0.25) is 4.98 Å². The van der Waals surface area contributed by atoms with Crippen LogP contribution in [0.4, 0.5) is 0 Å². The fourth-order valence-corrected chi connectivity index (χ4v) is 1.70. The van der Waals surface area contributed by atoms with Gasteiger partial charge in [0.25, 0.3) is 0 Å². The summed E-state index contributed by atoms with van der Waals surface area (Å²) in [6, 6.07) is 1.64. The molecule has 0 fully saturated rings. The second kappa shape index (κ2) is 4.95. The van der Waals surface area contributed by atoms with Crippen molar-refractivity contribution in [3.05, 3.63) is 35.7 Å². The molecule has 2 aromatic rings. The van der Waals surface area contributed by atoms with Gasteiger partial charge in [0, 0.05) is 25.2 Å². The molecule has 0 spiro atoms. The van der Waals surface area contributed by atoms with Crippen molar-refractivity contribution in [1.82, 2.24) is 19.7 Å². The lowest BCUT2D eigenvalue weighted by Crippen LogP contribution is -2.09. The van der Waals surface area contributed by atoms with E-state index in [1.54, 1.807) is 16.9 Å². The minimum atomic E-state index is -1.02. The maximum atomic E-state index is 11.2. The summed E-state index contributed by atoms with van der Waals surface area (Å²) >= 11 is 0. The van der Waals surface area contributed by atoms with Crippen LogP contribution in [0.5, 0.6) is 0 Å². The summed E-state index contributed by atoms with van der Waals surface area (Å²) in [6.45, 7) is 3.92. The highest BCUT2D eigenvalue weighted by Crippen LogP contribution is 2.15. The number of aryl methyl sites for hydroxylation is 2. The third-order valence-electron chi connectivity index (χ3n) is 2.61. The first-order valence-electron chi connectivity index (χ1n) is 5.79. The molecule has 1 N–H and O–H groups in total. The van der Waals surface area contributed by atoms with Crippen LogP contribution < -0.4 is 0 Å². The van der Waals surface area contributed by atoms with Crippen LogP contribution in [0.1, 0.15) is 35.9 Å². The van der Waals surface area contributed by atoms with Gasteiger partial charge in [0.15, 0.2) is 5.82 Å². The number of nitrogens with zero attached hydrogens (tertiary/aromatic N) is 4. The molecule has 0 amide bonds. The van der Waals surface area contributed by atoms with Gasteiger partial charge in [-0.1, -0.05) is 13.8 Å². The molecule has 0 unspecified atom stereocenters. The molecule has 2 rings (SSSR count). The van der Waals surface area contributed by atoms with E-state index in [9.17, 15) is 4.79 Å². The molecule has 6 heteroatoms. The van der Waals surface area contributed by atoms with Gasteiger partial charge in [-0.25, -0.2) is 14.5 Å². The van der Waals surface area contributed by atoms with E-state index >= 15 is 0 Å². The summed E-state index contributed by atoms with van der Waals surface area (Å²) in [5, 5.41) is 13.5. The lowest BCUT2D eigenvalue weighted by Gasteiger charge is -2.06. The van der Waals surface area contributed by atoms with Crippen LogP contribution in [0.3, 0.4) is 0 Å². The molecular weight excluding hydrogens is 232 g/mol. The number of pyridine rings is 1. The standard InChI is InChI=1S/C12H14N4O2/c1-3-10-14-11(4-2)16(15-10)9-5-6-13-7-8(9)12(17)18/h5-7H,3-4H2,1-2H3,(H,17,18). The third kappa shape index (κ3) is 2.09. The van der Waals surface area contributed by atoms with Crippen molar-refractivity contribution in [2.75, 3.05) is 0 Å². The zero-order chi connectivity index (χ0) is 13.1. The number of aromatic nitrogens is 4. The summed E-state index contributed by atoms with van der Waals surface area (Å²) in [5.74, 6) is 0.439. The Morgan fingerprint density at radius 3 is 2.78 bits per heavy atom. The van der Waals surface area contributed by atoms with E-state index in [4.69, 9.17) is 5.11 Å². The predicted molar refractivity (Wildman–Crippen MR) is 64.9 cm³/mol. The highest BCUT2D eigenvalue weighted by Gasteiger charge is 2.16. The van der Waals surface area contributed by atoms with E-state index in [1.165, 1.54) is 6.20 Å². The second-order valence-electron chi connectivity index (χ2n) is 3.76. The first kappa shape index (κ1) is 12.2. The Balaban J connectivity index is 2.61. The number of hydrogen-bond donors (Lipinski definition) is 1. The molecule has 0 radical (unpaired) electrons. The van der Waals surface area contributed by atoms with Gasteiger partial charge in [-0.15, -0.1) is 0 Å². The van der Waals surface area contributed by atoms with Crippen LogP contribution in [0.2, 0.25) is 0 Å². The molecule has 0 aliphatic heterocycles. The van der Waals surface area contributed by atoms with Crippen LogP contribution in [0.15, 0.2) is 18.5 Å². The Bertz CT molecular complexity index is 577. The Morgan fingerprint density at radius 1 is 1.39 bits per heavy atom. The van der Waals surface area contributed by atoms with E-state index in [0.717, 1.165) is 5.82 Å². The van der Waals surface area contributed by atoms with E-state index in [-0.39, 0.29) is 5.56 Å². The monoisotopic (exact) mass is 246 g/mol. The van der Waals surface area contributed by atoms with Gasteiger partial charge in [0.2, 0.25) is 0 Å². The molecule has 0 saturated carbocycles. The number of aromatic carboxylic acids is 1. The van der Waals surface area contributed by atoms with Gasteiger partial charge < -0.3 is 5.11 Å². The van der Waals surface area contributed by atoms with Crippen molar-refractivity contribution >= 4 is 5.97 Å². The fraction of sp³-hybridized carbons (Fsp3) is 0.333. The average Bonchev–Trinajstić information content (AvgIpc) is 2.81. The van der Waals surface area contributed by atoms with Crippen LogP contribution >= 0.6 is 0 Å². The molecule has 0 aliphatic carbocycles. The summed E-state index contributed by atoms with van der Waals surface area (Å²) in [7, 11) is 0. The Kier molecular flexibility index (Phi) is 3.36. The molecule has 0 aliphatic rings. The first-order valence-corrected chi connectivity index (χ1v) is 5.79. The lowest BCUT2D eigenvalue weighted by atomic mass is 10.2. The topological polar surface area (TPSA) is 80.9 Å². The zero-order valence-corrected chi connectivity index (χ0v) is 10.3. The largest absolute Gasteiger partial charge is 0.478 e. The molecule has 0 bridgehead atoms. The number of rotatable bonds is 4. The maximum absolute atomic E-state index is 11.2. The quantitative estimate of drug-likeness (QED) is 0.883. The molecule has 18 heavy (non-hydrogen) atoms. The number of hydrogen-bond acceptors (Lipinski definition) is 4. The maximum Gasteiger partial charge on any atom is 0.339 e. The number of carbonyl (C=O) groups is 1. The third-order valence-corrected chi connectivity index (χ3v) is 2.61. The van der Waals surface area contributed by atoms with Crippen molar-refractivity contribution in [3.63, 3.8) is 0 Å². The minimum absolute atomic E-state index is 0.125. The van der Waals surface area contributed by atoms with Crippen LogP contribution in [-0.4, -0.2) is 30.8 Å². The highest BCUT2D eigenvalue weighted by atomic mass is 16.4. The van der Waals surface area contributed by atoms with Gasteiger partial charge in [0.1, 0.15) is 11.4 Å². The molecule has 0 aromatic carbocycles. The van der Waals surface area contributed by atoms with E-state index in [0.29, 0.717) is 24.4 Å². The van der Waals surface area contributed by atoms with E-state index in [1.807, 2.05) is 13.8 Å². The van der Waals surface area contributed by atoms with Crippen molar-refractivity contribution in [2.24, 2.45) is 0 Å².